The first kappa shape index (κ1) is 14.1. The summed E-state index contributed by atoms with van der Waals surface area (Å²) in [6.45, 7) is 6.46. The lowest BCUT2D eigenvalue weighted by Crippen LogP contribution is -2.24. The summed E-state index contributed by atoms with van der Waals surface area (Å²) in [6.07, 6.45) is 7.36. The van der Waals surface area contributed by atoms with Crippen LogP contribution in [0.3, 0.4) is 0 Å². The zero-order chi connectivity index (χ0) is 11.7. The van der Waals surface area contributed by atoms with Gasteiger partial charge in [-0.2, -0.15) is 5.10 Å². The van der Waals surface area contributed by atoms with Crippen LogP contribution in [0.15, 0.2) is 16.8 Å². The topological polar surface area (TPSA) is 50.4 Å². The summed E-state index contributed by atoms with van der Waals surface area (Å²) < 4.78 is 0. The van der Waals surface area contributed by atoms with Crippen molar-refractivity contribution in [1.82, 2.24) is 5.43 Å². The van der Waals surface area contributed by atoms with Crippen molar-refractivity contribution in [1.29, 1.82) is 0 Å². The van der Waals surface area contributed by atoms with Gasteiger partial charge in [-0.15, -0.1) is 0 Å². The van der Waals surface area contributed by atoms with E-state index in [0.717, 1.165) is 12.8 Å². The molecule has 0 bridgehead atoms. The molecule has 0 heterocycles. The fourth-order valence-electron chi connectivity index (χ4n) is 1.12. The maximum absolute atomic E-state index is 5.22. The molecule has 0 unspecified atom stereocenters. The van der Waals surface area contributed by atoms with Crippen molar-refractivity contribution in [3.8, 4) is 0 Å². The zero-order valence-electron chi connectivity index (χ0n) is 9.79. The molecule has 4 heteroatoms. The Balaban J connectivity index is 3.57. The lowest BCUT2D eigenvalue weighted by molar-refractivity contribution is 0.562. The Morgan fingerprint density at radius 1 is 1.53 bits per heavy atom. The SMILES string of the molecule is CC(C)=CCC[C@@H](C)C/C=N\NC(N)=S. The van der Waals surface area contributed by atoms with Gasteiger partial charge in [0.1, 0.15) is 0 Å². The second-order valence-electron chi connectivity index (χ2n) is 3.99. The molecule has 3 nitrogen and oxygen atoms in total. The van der Waals surface area contributed by atoms with Gasteiger partial charge in [0.25, 0.3) is 0 Å². The Bertz CT molecular complexity index is 242. The van der Waals surface area contributed by atoms with Crippen molar-refractivity contribution in [3.63, 3.8) is 0 Å². The van der Waals surface area contributed by atoms with Crippen molar-refractivity contribution in [2.24, 2.45) is 16.8 Å². The van der Waals surface area contributed by atoms with Crippen LogP contribution in [-0.2, 0) is 0 Å². The molecule has 0 fully saturated rings. The van der Waals surface area contributed by atoms with E-state index >= 15 is 0 Å². The number of nitrogens with zero attached hydrogens (tertiary/aromatic N) is 1. The van der Waals surface area contributed by atoms with E-state index in [4.69, 9.17) is 5.73 Å². The molecule has 0 aromatic rings. The highest BCUT2D eigenvalue weighted by atomic mass is 32.1. The molecule has 0 saturated carbocycles. The number of hydrazone groups is 1. The van der Waals surface area contributed by atoms with E-state index in [0.29, 0.717) is 5.92 Å². The molecule has 1 atom stereocenters. The van der Waals surface area contributed by atoms with E-state index in [1.165, 1.54) is 12.0 Å². The number of rotatable bonds is 6. The Kier molecular flexibility index (Phi) is 7.91. The van der Waals surface area contributed by atoms with Crippen LogP contribution in [0.4, 0.5) is 0 Å². The van der Waals surface area contributed by atoms with Gasteiger partial charge in [-0.1, -0.05) is 18.6 Å². The lowest BCUT2D eigenvalue weighted by atomic mass is 10.0. The molecule has 0 aliphatic carbocycles. The molecule has 0 aliphatic heterocycles. The molecule has 3 N–H and O–H groups in total. The average molecular weight is 227 g/mol. The van der Waals surface area contributed by atoms with Gasteiger partial charge in [0.15, 0.2) is 5.11 Å². The summed E-state index contributed by atoms with van der Waals surface area (Å²) >= 11 is 4.62. The molecule has 0 spiro atoms. The van der Waals surface area contributed by atoms with Crippen molar-refractivity contribution in [2.45, 2.75) is 40.0 Å². The molecule has 0 amide bonds. The third-order valence-corrected chi connectivity index (χ3v) is 2.08. The number of hydrogen-bond donors (Lipinski definition) is 2. The normalized spacial score (nSPS) is 12.5. The van der Waals surface area contributed by atoms with Crippen molar-refractivity contribution in [2.75, 3.05) is 0 Å². The van der Waals surface area contributed by atoms with Crippen LogP contribution in [0.25, 0.3) is 0 Å². The first-order chi connectivity index (χ1) is 7.02. The molecule has 0 saturated heterocycles. The van der Waals surface area contributed by atoms with Crippen LogP contribution in [0.5, 0.6) is 0 Å². The predicted octanol–water partition coefficient (Wildman–Crippen LogP) is 2.58. The first-order valence-electron chi connectivity index (χ1n) is 5.22. The summed E-state index contributed by atoms with van der Waals surface area (Å²) in [5.41, 5.74) is 9.14. The Morgan fingerprint density at radius 3 is 2.73 bits per heavy atom. The standard InChI is InChI=1S/C11H21N3S/c1-9(2)5-4-6-10(3)7-8-13-14-11(12)15/h5,8,10H,4,6-7H2,1-3H3,(H3,12,14,15)/b13-8-/t10-/m1/s1. The third-order valence-electron chi connectivity index (χ3n) is 1.99. The van der Waals surface area contributed by atoms with Crippen LogP contribution < -0.4 is 11.2 Å². The largest absolute Gasteiger partial charge is 0.375 e. The number of thiocarbonyl (C=S) groups is 1. The fourth-order valence-corrected chi connectivity index (χ4v) is 1.17. The van der Waals surface area contributed by atoms with Gasteiger partial charge in [0, 0.05) is 6.21 Å². The highest BCUT2D eigenvalue weighted by Crippen LogP contribution is 2.10. The van der Waals surface area contributed by atoms with Gasteiger partial charge >= 0.3 is 0 Å². The van der Waals surface area contributed by atoms with Crippen LogP contribution >= 0.6 is 12.2 Å². The van der Waals surface area contributed by atoms with Crippen molar-refractivity contribution >= 4 is 23.5 Å². The van der Waals surface area contributed by atoms with E-state index in [2.05, 4.69) is 49.6 Å². The van der Waals surface area contributed by atoms with E-state index in [1.807, 2.05) is 6.21 Å². The second-order valence-corrected chi connectivity index (χ2v) is 4.43. The van der Waals surface area contributed by atoms with Crippen LogP contribution in [0.1, 0.15) is 40.0 Å². The van der Waals surface area contributed by atoms with Crippen LogP contribution in [0.2, 0.25) is 0 Å². The summed E-state index contributed by atoms with van der Waals surface area (Å²) in [4.78, 5) is 0. The number of hydrogen-bond acceptors (Lipinski definition) is 2. The molecule has 15 heavy (non-hydrogen) atoms. The zero-order valence-corrected chi connectivity index (χ0v) is 10.6. The van der Waals surface area contributed by atoms with Crippen molar-refractivity contribution < 1.29 is 0 Å². The Morgan fingerprint density at radius 2 is 2.20 bits per heavy atom. The lowest BCUT2D eigenvalue weighted by Gasteiger charge is -2.05. The van der Waals surface area contributed by atoms with Gasteiger partial charge in [0.2, 0.25) is 0 Å². The predicted molar refractivity (Wildman–Crippen MR) is 70.9 cm³/mol. The Labute approximate surface area is 97.8 Å². The minimum atomic E-state index is 0.212. The maximum atomic E-state index is 5.22. The van der Waals surface area contributed by atoms with Crippen molar-refractivity contribution in [3.05, 3.63) is 11.6 Å². The first-order valence-corrected chi connectivity index (χ1v) is 5.63. The highest BCUT2D eigenvalue weighted by molar-refractivity contribution is 7.80. The summed E-state index contributed by atoms with van der Waals surface area (Å²) in [7, 11) is 0. The van der Waals surface area contributed by atoms with Crippen LogP contribution in [0, 0.1) is 5.92 Å². The molecule has 0 radical (unpaired) electrons. The highest BCUT2D eigenvalue weighted by Gasteiger charge is 1.98. The van der Waals surface area contributed by atoms with E-state index in [9.17, 15) is 0 Å². The summed E-state index contributed by atoms with van der Waals surface area (Å²) in [6, 6.07) is 0. The maximum Gasteiger partial charge on any atom is 0.184 e. The molecule has 0 rings (SSSR count). The summed E-state index contributed by atoms with van der Waals surface area (Å²) in [5.74, 6) is 0.637. The summed E-state index contributed by atoms with van der Waals surface area (Å²) in [5, 5.41) is 4.11. The minimum Gasteiger partial charge on any atom is -0.375 e. The quantitative estimate of drug-likeness (QED) is 0.317. The van der Waals surface area contributed by atoms with Gasteiger partial charge in [-0.25, -0.2) is 0 Å². The molecule has 0 aliphatic rings. The smallest absolute Gasteiger partial charge is 0.184 e. The van der Waals surface area contributed by atoms with E-state index < -0.39 is 0 Å². The molecule has 86 valence electrons. The average Bonchev–Trinajstić information content (AvgIpc) is 2.11. The number of allylic oxidation sites excluding steroid dienone is 2. The molecule has 0 aromatic carbocycles. The Hall–Kier alpha value is -0.900. The number of nitrogens with two attached hydrogens (primary N) is 1. The van der Waals surface area contributed by atoms with Crippen LogP contribution in [-0.4, -0.2) is 11.3 Å². The van der Waals surface area contributed by atoms with Gasteiger partial charge in [-0.3, -0.25) is 5.43 Å². The van der Waals surface area contributed by atoms with Gasteiger partial charge in [-0.05, 0) is 51.2 Å². The second kappa shape index (κ2) is 8.41. The van der Waals surface area contributed by atoms with Gasteiger partial charge < -0.3 is 5.73 Å². The van der Waals surface area contributed by atoms with E-state index in [-0.39, 0.29) is 5.11 Å². The van der Waals surface area contributed by atoms with Gasteiger partial charge in [0.05, 0.1) is 0 Å². The third kappa shape index (κ3) is 11.0. The minimum absolute atomic E-state index is 0.212. The fraction of sp³-hybridized carbons (Fsp3) is 0.636. The molecular weight excluding hydrogens is 206 g/mol. The number of nitrogens with one attached hydrogen (secondary N) is 1. The molecule has 0 aromatic heterocycles. The molecular formula is C11H21N3S. The monoisotopic (exact) mass is 227 g/mol. The van der Waals surface area contributed by atoms with E-state index in [1.54, 1.807) is 0 Å².